The molecule has 1 saturated heterocycles. The van der Waals surface area contributed by atoms with Crippen LogP contribution in [0.25, 0.3) is 0 Å². The van der Waals surface area contributed by atoms with Crippen molar-refractivity contribution in [3.05, 3.63) is 23.9 Å². The number of aromatic nitrogens is 1. The Morgan fingerprint density at radius 3 is 3.00 bits per heavy atom. The highest BCUT2D eigenvalue weighted by atomic mass is 16.5. The number of nitrogens with zero attached hydrogens (tertiary/aromatic N) is 2. The maximum absolute atomic E-state index is 5.73. The summed E-state index contributed by atoms with van der Waals surface area (Å²) < 4.78 is 5.73. The molecular formula is C13H18N2O. The number of hydrogen-bond donors (Lipinski definition) is 0. The number of piperidine rings is 1. The lowest BCUT2D eigenvalue weighted by molar-refractivity contribution is 0.139. The third-order valence-corrected chi connectivity index (χ3v) is 4.09. The summed E-state index contributed by atoms with van der Waals surface area (Å²) in [6.45, 7) is 6.61. The molecule has 2 aliphatic rings. The maximum Gasteiger partial charge on any atom is 0.217 e. The van der Waals surface area contributed by atoms with Crippen LogP contribution >= 0.6 is 0 Å². The first-order chi connectivity index (χ1) is 7.84. The molecule has 86 valence electrons. The van der Waals surface area contributed by atoms with Crippen LogP contribution in [0.4, 0.5) is 0 Å². The van der Waals surface area contributed by atoms with Crippen molar-refractivity contribution in [3.63, 3.8) is 0 Å². The Bertz CT molecular complexity index is 383. The predicted octanol–water partition coefficient (Wildman–Crippen LogP) is 1.83. The second-order valence-corrected chi connectivity index (χ2v) is 4.86. The van der Waals surface area contributed by atoms with E-state index < -0.39 is 0 Å². The molecule has 2 aliphatic heterocycles. The van der Waals surface area contributed by atoms with Gasteiger partial charge in [-0.1, -0.05) is 13.0 Å². The van der Waals surface area contributed by atoms with Crippen molar-refractivity contribution in [3.8, 4) is 5.88 Å². The molecule has 1 spiro atoms. The van der Waals surface area contributed by atoms with Crippen molar-refractivity contribution in [1.82, 2.24) is 9.88 Å². The highest BCUT2D eigenvalue weighted by Crippen LogP contribution is 2.44. The van der Waals surface area contributed by atoms with Gasteiger partial charge in [0.15, 0.2) is 0 Å². The SMILES string of the molecule is CCN1CCC2(CC1)COc1ncccc12. The minimum Gasteiger partial charge on any atom is -0.476 e. The van der Waals surface area contributed by atoms with Crippen molar-refractivity contribution in [2.24, 2.45) is 0 Å². The summed E-state index contributed by atoms with van der Waals surface area (Å²) in [5, 5.41) is 0. The molecule has 0 saturated carbocycles. The summed E-state index contributed by atoms with van der Waals surface area (Å²) in [4.78, 5) is 6.83. The number of pyridine rings is 1. The van der Waals surface area contributed by atoms with Crippen LogP contribution in [0.15, 0.2) is 18.3 Å². The zero-order valence-corrected chi connectivity index (χ0v) is 9.78. The Kier molecular flexibility index (Phi) is 2.36. The quantitative estimate of drug-likeness (QED) is 0.719. The highest BCUT2D eigenvalue weighted by Gasteiger charge is 2.43. The lowest BCUT2D eigenvalue weighted by Gasteiger charge is -2.37. The molecule has 16 heavy (non-hydrogen) atoms. The van der Waals surface area contributed by atoms with E-state index in [-0.39, 0.29) is 5.41 Å². The van der Waals surface area contributed by atoms with Crippen LogP contribution in [-0.4, -0.2) is 36.1 Å². The molecule has 1 fully saturated rings. The number of rotatable bonds is 1. The predicted molar refractivity (Wildman–Crippen MR) is 62.8 cm³/mol. The number of hydrogen-bond acceptors (Lipinski definition) is 3. The van der Waals surface area contributed by atoms with E-state index in [2.05, 4.69) is 22.9 Å². The average Bonchev–Trinajstić information content (AvgIpc) is 2.71. The van der Waals surface area contributed by atoms with Gasteiger partial charge in [0, 0.05) is 17.2 Å². The fourth-order valence-electron chi connectivity index (χ4n) is 2.90. The van der Waals surface area contributed by atoms with Gasteiger partial charge in [0.2, 0.25) is 5.88 Å². The molecule has 0 atom stereocenters. The molecule has 0 aliphatic carbocycles. The van der Waals surface area contributed by atoms with Crippen molar-refractivity contribution in [2.75, 3.05) is 26.2 Å². The van der Waals surface area contributed by atoms with E-state index in [0.717, 1.165) is 19.0 Å². The molecule has 0 bridgehead atoms. The summed E-state index contributed by atoms with van der Waals surface area (Å²) >= 11 is 0. The van der Waals surface area contributed by atoms with E-state index in [9.17, 15) is 0 Å². The van der Waals surface area contributed by atoms with Crippen LogP contribution < -0.4 is 4.74 Å². The second-order valence-electron chi connectivity index (χ2n) is 4.86. The molecule has 3 rings (SSSR count). The van der Waals surface area contributed by atoms with E-state index >= 15 is 0 Å². The van der Waals surface area contributed by atoms with Gasteiger partial charge >= 0.3 is 0 Å². The smallest absolute Gasteiger partial charge is 0.217 e. The van der Waals surface area contributed by atoms with Crippen molar-refractivity contribution < 1.29 is 4.74 Å². The number of likely N-dealkylation sites (tertiary alicyclic amines) is 1. The topological polar surface area (TPSA) is 25.4 Å². The Hall–Kier alpha value is -1.09. The largest absolute Gasteiger partial charge is 0.476 e. The van der Waals surface area contributed by atoms with Crippen LogP contribution in [-0.2, 0) is 5.41 Å². The summed E-state index contributed by atoms with van der Waals surface area (Å²) in [7, 11) is 0. The monoisotopic (exact) mass is 218 g/mol. The third-order valence-electron chi connectivity index (χ3n) is 4.09. The lowest BCUT2D eigenvalue weighted by Crippen LogP contribution is -2.43. The third kappa shape index (κ3) is 1.42. The molecular weight excluding hydrogens is 200 g/mol. The van der Waals surface area contributed by atoms with E-state index in [0.29, 0.717) is 0 Å². The molecule has 0 radical (unpaired) electrons. The van der Waals surface area contributed by atoms with E-state index in [1.54, 1.807) is 0 Å². The first kappa shape index (κ1) is 10.1. The molecule has 3 heteroatoms. The molecule has 3 nitrogen and oxygen atoms in total. The Morgan fingerprint density at radius 1 is 1.44 bits per heavy atom. The average molecular weight is 218 g/mol. The van der Waals surface area contributed by atoms with Gasteiger partial charge in [-0.15, -0.1) is 0 Å². The standard InChI is InChI=1S/C13H18N2O/c1-2-15-8-5-13(6-9-15)10-16-12-11(13)4-3-7-14-12/h3-4,7H,2,5-6,8-10H2,1H3. The van der Waals surface area contributed by atoms with E-state index in [4.69, 9.17) is 4.74 Å². The summed E-state index contributed by atoms with van der Waals surface area (Å²) in [5.74, 6) is 0.868. The summed E-state index contributed by atoms with van der Waals surface area (Å²) in [6.07, 6.45) is 4.23. The first-order valence-corrected chi connectivity index (χ1v) is 6.15. The first-order valence-electron chi connectivity index (χ1n) is 6.15. The molecule has 1 aromatic rings. The summed E-state index contributed by atoms with van der Waals surface area (Å²) in [6, 6.07) is 4.22. The van der Waals surface area contributed by atoms with Gasteiger partial charge in [0.1, 0.15) is 0 Å². The van der Waals surface area contributed by atoms with Crippen LogP contribution in [0.5, 0.6) is 5.88 Å². The number of ether oxygens (including phenoxy) is 1. The van der Waals surface area contributed by atoms with Gasteiger partial charge in [0.25, 0.3) is 0 Å². The molecule has 0 N–H and O–H groups in total. The highest BCUT2D eigenvalue weighted by molar-refractivity contribution is 5.38. The molecule has 1 aromatic heterocycles. The fraction of sp³-hybridized carbons (Fsp3) is 0.615. The second kappa shape index (κ2) is 3.74. The van der Waals surface area contributed by atoms with Crippen LogP contribution in [0.3, 0.4) is 0 Å². The molecule has 3 heterocycles. The zero-order chi connectivity index (χ0) is 11.0. The van der Waals surface area contributed by atoms with E-state index in [1.807, 2.05) is 12.3 Å². The Morgan fingerprint density at radius 2 is 2.25 bits per heavy atom. The van der Waals surface area contributed by atoms with Crippen LogP contribution in [0.2, 0.25) is 0 Å². The van der Waals surface area contributed by atoms with Crippen LogP contribution in [0, 0.1) is 0 Å². The molecule has 0 amide bonds. The van der Waals surface area contributed by atoms with Gasteiger partial charge in [-0.2, -0.15) is 0 Å². The molecule has 0 aromatic carbocycles. The van der Waals surface area contributed by atoms with Crippen molar-refractivity contribution >= 4 is 0 Å². The van der Waals surface area contributed by atoms with Gasteiger partial charge in [-0.05, 0) is 38.5 Å². The zero-order valence-electron chi connectivity index (χ0n) is 9.78. The van der Waals surface area contributed by atoms with Crippen LogP contribution in [0.1, 0.15) is 25.3 Å². The fourth-order valence-corrected chi connectivity index (χ4v) is 2.90. The van der Waals surface area contributed by atoms with Crippen molar-refractivity contribution in [2.45, 2.75) is 25.2 Å². The Balaban J connectivity index is 1.87. The van der Waals surface area contributed by atoms with E-state index in [1.165, 1.54) is 31.5 Å². The van der Waals surface area contributed by atoms with Gasteiger partial charge in [-0.25, -0.2) is 4.98 Å². The minimum atomic E-state index is 0.259. The summed E-state index contributed by atoms with van der Waals surface area (Å²) in [5.41, 5.74) is 1.60. The van der Waals surface area contributed by atoms with Gasteiger partial charge < -0.3 is 9.64 Å². The van der Waals surface area contributed by atoms with Gasteiger partial charge in [0.05, 0.1) is 6.61 Å². The van der Waals surface area contributed by atoms with Crippen molar-refractivity contribution in [1.29, 1.82) is 0 Å². The minimum absolute atomic E-state index is 0.259. The maximum atomic E-state index is 5.73. The normalized spacial score (nSPS) is 23.1. The lowest BCUT2D eigenvalue weighted by atomic mass is 9.75. The Labute approximate surface area is 96.4 Å². The molecule has 0 unspecified atom stereocenters. The van der Waals surface area contributed by atoms with Gasteiger partial charge in [-0.3, -0.25) is 0 Å². The number of fused-ring (bicyclic) bond motifs is 2.